The van der Waals surface area contributed by atoms with Gasteiger partial charge in [0.25, 0.3) is 0 Å². The molecule has 0 saturated carbocycles. The highest BCUT2D eigenvalue weighted by molar-refractivity contribution is 8.29. The molecule has 0 radical (unpaired) electrons. The Labute approximate surface area is 65.7 Å². The molecule has 0 bridgehead atoms. The summed E-state index contributed by atoms with van der Waals surface area (Å²) in [5.74, 6) is 3.59. The third-order valence-electron chi connectivity index (χ3n) is 2.49. The Morgan fingerprint density at radius 2 is 1.80 bits per heavy atom. The van der Waals surface area contributed by atoms with Crippen LogP contribution in [-0.4, -0.2) is 24.9 Å². The van der Waals surface area contributed by atoms with Crippen LogP contribution in [0, 0.1) is 5.92 Å². The van der Waals surface area contributed by atoms with E-state index in [9.17, 15) is 0 Å². The van der Waals surface area contributed by atoms with Crippen molar-refractivity contribution in [2.45, 2.75) is 19.8 Å². The van der Waals surface area contributed by atoms with Gasteiger partial charge in [-0.2, -0.15) is 0 Å². The van der Waals surface area contributed by atoms with E-state index in [4.69, 9.17) is 4.18 Å². The fraction of sp³-hybridized carbons (Fsp3) is 1.00. The largest absolute Gasteiger partial charge is 0.340 e. The molecule has 0 aromatic heterocycles. The molecule has 2 heteroatoms. The molecule has 1 nitrogen and oxygen atoms in total. The fourth-order valence-corrected chi connectivity index (χ4v) is 3.65. The Kier molecular flexibility index (Phi) is 2.64. The molecule has 0 atom stereocenters. The zero-order chi connectivity index (χ0) is 7.61. The van der Waals surface area contributed by atoms with Crippen LogP contribution in [0.5, 0.6) is 0 Å². The smallest absolute Gasteiger partial charge is 0.0481 e. The molecular weight excluding hydrogens is 144 g/mol. The van der Waals surface area contributed by atoms with Gasteiger partial charge in [0.05, 0.1) is 0 Å². The van der Waals surface area contributed by atoms with E-state index in [0.29, 0.717) is 0 Å². The first kappa shape index (κ1) is 8.41. The van der Waals surface area contributed by atoms with Gasteiger partial charge in [0, 0.05) is 7.11 Å². The summed E-state index contributed by atoms with van der Waals surface area (Å²) in [6.45, 7) is 2.34. The lowest BCUT2D eigenvalue weighted by atomic mass is 10.1. The predicted molar refractivity (Wildman–Crippen MR) is 48.7 cm³/mol. The summed E-state index contributed by atoms with van der Waals surface area (Å²) < 4.78 is 5.51. The molecule has 0 aromatic carbocycles. The Morgan fingerprint density at radius 1 is 1.30 bits per heavy atom. The van der Waals surface area contributed by atoms with Gasteiger partial charge in [0.15, 0.2) is 0 Å². The molecule has 1 saturated heterocycles. The van der Waals surface area contributed by atoms with Crippen molar-refractivity contribution in [2.24, 2.45) is 5.92 Å². The van der Waals surface area contributed by atoms with Gasteiger partial charge in [-0.15, -0.1) is 10.3 Å². The van der Waals surface area contributed by atoms with Crippen LogP contribution in [0.15, 0.2) is 0 Å². The van der Waals surface area contributed by atoms with Crippen molar-refractivity contribution in [3.63, 3.8) is 0 Å². The average Bonchev–Trinajstić information content (AvgIpc) is 1.96. The lowest BCUT2D eigenvalue weighted by molar-refractivity contribution is 0.439. The fourth-order valence-electron chi connectivity index (χ4n) is 1.31. The summed E-state index contributed by atoms with van der Waals surface area (Å²) in [5, 5.41) is 0. The highest BCUT2D eigenvalue weighted by Gasteiger charge is 2.23. The number of hydrogen-bond donors (Lipinski definition) is 0. The van der Waals surface area contributed by atoms with Crippen LogP contribution in [0.3, 0.4) is 0 Å². The van der Waals surface area contributed by atoms with Gasteiger partial charge in [-0.05, 0) is 36.5 Å². The molecule has 1 aliphatic heterocycles. The maximum absolute atomic E-state index is 5.51. The normalized spacial score (nSPS) is 48.1. The molecule has 0 spiro atoms. The topological polar surface area (TPSA) is 9.23 Å². The summed E-state index contributed by atoms with van der Waals surface area (Å²) in [4.78, 5) is 0. The quantitative estimate of drug-likeness (QED) is 0.575. The Hall–Kier alpha value is 0.310. The maximum Gasteiger partial charge on any atom is 0.0481 e. The third kappa shape index (κ3) is 1.89. The summed E-state index contributed by atoms with van der Waals surface area (Å²) in [6.07, 6.45) is 5.05. The lowest BCUT2D eigenvalue weighted by Gasteiger charge is -2.39. The molecule has 1 fully saturated rings. The third-order valence-corrected chi connectivity index (χ3v) is 5.49. The lowest BCUT2D eigenvalue weighted by Crippen LogP contribution is -2.19. The maximum atomic E-state index is 5.51. The van der Waals surface area contributed by atoms with Crippen LogP contribution in [0.4, 0.5) is 0 Å². The van der Waals surface area contributed by atoms with Crippen LogP contribution in [0.2, 0.25) is 0 Å². The number of rotatable bonds is 1. The van der Waals surface area contributed by atoms with Gasteiger partial charge >= 0.3 is 0 Å². The van der Waals surface area contributed by atoms with Crippen LogP contribution >= 0.6 is 10.3 Å². The average molecular weight is 162 g/mol. The van der Waals surface area contributed by atoms with E-state index in [-0.39, 0.29) is 0 Å². The van der Waals surface area contributed by atoms with Crippen molar-refractivity contribution in [1.29, 1.82) is 0 Å². The summed E-state index contributed by atoms with van der Waals surface area (Å²) in [6, 6.07) is 0. The molecule has 0 aromatic rings. The van der Waals surface area contributed by atoms with Gasteiger partial charge in [-0.3, -0.25) is 0 Å². The zero-order valence-electron chi connectivity index (χ0n) is 7.22. The molecule has 0 N–H and O–H groups in total. The van der Waals surface area contributed by atoms with Crippen molar-refractivity contribution in [2.75, 3.05) is 24.9 Å². The summed E-state index contributed by atoms with van der Waals surface area (Å²) >= 11 is 0. The molecule has 0 aliphatic carbocycles. The van der Waals surface area contributed by atoms with Crippen molar-refractivity contribution in [1.82, 2.24) is 0 Å². The SMILES string of the molecule is COS1(C)CCC(C)CC1. The standard InChI is InChI=1S/C8H18OS/c1-8-4-6-10(3,9-2)7-5-8/h8H,4-7H2,1-3H3. The van der Waals surface area contributed by atoms with Crippen LogP contribution in [-0.2, 0) is 4.18 Å². The minimum Gasteiger partial charge on any atom is -0.340 e. The molecule has 62 valence electrons. The first-order valence-electron chi connectivity index (χ1n) is 3.95. The minimum absolute atomic E-state index is 0.611. The molecule has 1 aliphatic rings. The molecule has 1 heterocycles. The zero-order valence-corrected chi connectivity index (χ0v) is 8.04. The molecule has 0 unspecified atom stereocenters. The van der Waals surface area contributed by atoms with E-state index in [1.807, 2.05) is 7.11 Å². The first-order valence-corrected chi connectivity index (χ1v) is 6.26. The Morgan fingerprint density at radius 3 is 2.20 bits per heavy atom. The number of hydrogen-bond acceptors (Lipinski definition) is 1. The van der Waals surface area contributed by atoms with E-state index in [0.717, 1.165) is 5.92 Å². The van der Waals surface area contributed by atoms with Crippen molar-refractivity contribution in [3.8, 4) is 0 Å². The van der Waals surface area contributed by atoms with Crippen molar-refractivity contribution < 1.29 is 4.18 Å². The van der Waals surface area contributed by atoms with Crippen molar-refractivity contribution >= 4 is 10.3 Å². The Balaban J connectivity index is 2.38. The first-order chi connectivity index (χ1) is 4.66. The predicted octanol–water partition coefficient (Wildman–Crippen LogP) is 2.41. The molecular formula is C8H18OS. The second-order valence-corrected chi connectivity index (χ2v) is 6.96. The van der Waals surface area contributed by atoms with Gasteiger partial charge in [0.1, 0.15) is 0 Å². The van der Waals surface area contributed by atoms with E-state index in [1.54, 1.807) is 0 Å². The second kappa shape index (κ2) is 3.14. The van der Waals surface area contributed by atoms with Crippen LogP contribution in [0.25, 0.3) is 0 Å². The van der Waals surface area contributed by atoms with Gasteiger partial charge in [-0.1, -0.05) is 6.92 Å². The van der Waals surface area contributed by atoms with Gasteiger partial charge < -0.3 is 4.18 Å². The van der Waals surface area contributed by atoms with Crippen LogP contribution in [0.1, 0.15) is 19.8 Å². The Bertz CT molecular complexity index is 106. The highest BCUT2D eigenvalue weighted by Crippen LogP contribution is 2.50. The minimum atomic E-state index is -0.611. The monoisotopic (exact) mass is 162 g/mol. The summed E-state index contributed by atoms with van der Waals surface area (Å²) in [7, 11) is 1.26. The van der Waals surface area contributed by atoms with Gasteiger partial charge in [0.2, 0.25) is 0 Å². The highest BCUT2D eigenvalue weighted by atomic mass is 32.3. The van der Waals surface area contributed by atoms with Crippen LogP contribution < -0.4 is 0 Å². The van der Waals surface area contributed by atoms with E-state index in [2.05, 4.69) is 13.2 Å². The molecule has 0 amide bonds. The van der Waals surface area contributed by atoms with Crippen molar-refractivity contribution in [3.05, 3.63) is 0 Å². The summed E-state index contributed by atoms with van der Waals surface area (Å²) in [5.41, 5.74) is 0. The van der Waals surface area contributed by atoms with Gasteiger partial charge in [-0.25, -0.2) is 0 Å². The van der Waals surface area contributed by atoms with E-state index >= 15 is 0 Å². The second-order valence-electron chi connectivity index (χ2n) is 3.44. The molecule has 1 rings (SSSR count). The molecule has 10 heavy (non-hydrogen) atoms. The van der Waals surface area contributed by atoms with E-state index in [1.165, 1.54) is 24.3 Å². The van der Waals surface area contributed by atoms with E-state index < -0.39 is 10.3 Å².